The lowest BCUT2D eigenvalue weighted by molar-refractivity contribution is 0.397. The lowest BCUT2D eigenvalue weighted by atomic mass is 10.0. The molecule has 0 fully saturated rings. The second-order valence-corrected chi connectivity index (χ2v) is 7.37. The van der Waals surface area contributed by atoms with Gasteiger partial charge >= 0.3 is 0 Å². The van der Waals surface area contributed by atoms with Gasteiger partial charge in [-0.05, 0) is 24.1 Å². The number of hydrogen-bond acceptors (Lipinski definition) is 3. The number of aromatic nitrogens is 2. The predicted octanol–water partition coefficient (Wildman–Crippen LogP) is 1.46. The molecule has 112 valence electrons. The summed E-state index contributed by atoms with van der Waals surface area (Å²) in [6.07, 6.45) is 6.38. The van der Waals surface area contributed by atoms with Crippen molar-refractivity contribution < 1.29 is 8.42 Å². The first-order chi connectivity index (χ1) is 10.00. The molecule has 6 nitrogen and oxygen atoms in total. The predicted molar refractivity (Wildman–Crippen MR) is 82.9 cm³/mol. The summed E-state index contributed by atoms with van der Waals surface area (Å²) in [5.74, 6) is 0. The molecule has 0 bridgehead atoms. The van der Waals surface area contributed by atoms with Crippen molar-refractivity contribution in [3.63, 3.8) is 0 Å². The summed E-state index contributed by atoms with van der Waals surface area (Å²) in [7, 11) is -0.229. The normalized spacial score (nSPS) is 17.4. The van der Waals surface area contributed by atoms with Crippen LogP contribution >= 0.6 is 0 Å². The molecular weight excluding hydrogens is 288 g/mol. The quantitative estimate of drug-likeness (QED) is 0.933. The molecule has 2 aromatic heterocycles. The molecule has 3 rings (SSSR count). The van der Waals surface area contributed by atoms with Crippen molar-refractivity contribution in [1.29, 1.82) is 0 Å². The molecule has 1 N–H and O–H groups in total. The number of aromatic amines is 1. The second kappa shape index (κ2) is 5.25. The molecule has 0 aliphatic carbocycles. The Morgan fingerprint density at radius 1 is 1.38 bits per heavy atom. The standard InChI is InChI=1S/C14H18N4O2S/c1-17(2)21(19,20)18-8-5-11(6-9-18)12-10-16-13-4-3-7-15-14(12)13/h3-5,7,10,16H,6,8-9H2,1-2H3. The van der Waals surface area contributed by atoms with Gasteiger partial charge in [0.1, 0.15) is 0 Å². The average molecular weight is 306 g/mol. The van der Waals surface area contributed by atoms with Crippen LogP contribution in [0.4, 0.5) is 0 Å². The molecule has 0 unspecified atom stereocenters. The van der Waals surface area contributed by atoms with E-state index in [1.165, 1.54) is 8.61 Å². The SMILES string of the molecule is CN(C)S(=O)(=O)N1CC=C(c2c[nH]c3cccnc23)CC1. The molecule has 7 heteroatoms. The van der Waals surface area contributed by atoms with Gasteiger partial charge in [-0.1, -0.05) is 6.08 Å². The monoisotopic (exact) mass is 306 g/mol. The Morgan fingerprint density at radius 2 is 2.19 bits per heavy atom. The third-order valence-corrected chi connectivity index (χ3v) is 5.65. The van der Waals surface area contributed by atoms with Crippen molar-refractivity contribution in [3.05, 3.63) is 36.2 Å². The van der Waals surface area contributed by atoms with Gasteiger partial charge in [-0.3, -0.25) is 4.98 Å². The zero-order valence-corrected chi connectivity index (χ0v) is 12.9. The lowest BCUT2D eigenvalue weighted by Crippen LogP contribution is -2.42. The van der Waals surface area contributed by atoms with E-state index in [0.717, 1.165) is 22.2 Å². The number of nitrogens with zero attached hydrogens (tertiary/aromatic N) is 3. The van der Waals surface area contributed by atoms with Gasteiger partial charge in [-0.2, -0.15) is 17.0 Å². The first kappa shape index (κ1) is 14.2. The maximum Gasteiger partial charge on any atom is 0.281 e. The summed E-state index contributed by atoms with van der Waals surface area (Å²) in [4.78, 5) is 7.60. The number of H-pyrrole nitrogens is 1. The minimum atomic E-state index is -3.34. The molecule has 0 spiro atoms. The Morgan fingerprint density at radius 3 is 2.86 bits per heavy atom. The minimum absolute atomic E-state index is 0.398. The molecule has 1 aliphatic heterocycles. The summed E-state index contributed by atoms with van der Waals surface area (Å²) in [5, 5.41) is 0. The van der Waals surface area contributed by atoms with Crippen molar-refractivity contribution in [3.8, 4) is 0 Å². The largest absolute Gasteiger partial charge is 0.359 e. The van der Waals surface area contributed by atoms with Crippen LogP contribution in [0.25, 0.3) is 16.6 Å². The van der Waals surface area contributed by atoms with E-state index < -0.39 is 10.2 Å². The maximum atomic E-state index is 12.1. The molecule has 0 atom stereocenters. The zero-order valence-electron chi connectivity index (χ0n) is 12.1. The third-order valence-electron chi connectivity index (χ3n) is 3.74. The topological polar surface area (TPSA) is 69.3 Å². The fourth-order valence-corrected chi connectivity index (χ4v) is 3.58. The minimum Gasteiger partial charge on any atom is -0.359 e. The van der Waals surface area contributed by atoms with Crippen LogP contribution in [-0.2, 0) is 10.2 Å². The summed E-state index contributed by atoms with van der Waals surface area (Å²) in [6.45, 7) is 0.890. The van der Waals surface area contributed by atoms with Gasteiger partial charge in [0.05, 0.1) is 11.0 Å². The highest BCUT2D eigenvalue weighted by Gasteiger charge is 2.26. The zero-order chi connectivity index (χ0) is 15.0. The highest BCUT2D eigenvalue weighted by atomic mass is 32.2. The Hall–Kier alpha value is -1.70. The van der Waals surface area contributed by atoms with E-state index in [0.29, 0.717) is 19.5 Å². The van der Waals surface area contributed by atoms with Crippen LogP contribution in [0.3, 0.4) is 0 Å². The number of fused-ring (bicyclic) bond motifs is 1. The molecule has 1 aliphatic rings. The Labute approximate surface area is 124 Å². The van der Waals surface area contributed by atoms with E-state index in [-0.39, 0.29) is 0 Å². The van der Waals surface area contributed by atoms with E-state index in [1.807, 2.05) is 24.4 Å². The fourth-order valence-electron chi connectivity index (χ4n) is 2.54. The van der Waals surface area contributed by atoms with Crippen molar-refractivity contribution in [2.45, 2.75) is 6.42 Å². The van der Waals surface area contributed by atoms with Gasteiger partial charge in [0.2, 0.25) is 0 Å². The molecule has 0 aromatic carbocycles. The molecule has 3 heterocycles. The van der Waals surface area contributed by atoms with Gasteiger partial charge in [-0.25, -0.2) is 0 Å². The summed E-state index contributed by atoms with van der Waals surface area (Å²) in [5.41, 5.74) is 4.14. The van der Waals surface area contributed by atoms with Crippen LogP contribution in [-0.4, -0.2) is 54.2 Å². The van der Waals surface area contributed by atoms with E-state index in [1.54, 1.807) is 20.3 Å². The maximum absolute atomic E-state index is 12.1. The Balaban J connectivity index is 1.89. The summed E-state index contributed by atoms with van der Waals surface area (Å²) >= 11 is 0. The molecule has 0 saturated carbocycles. The molecule has 0 radical (unpaired) electrons. The van der Waals surface area contributed by atoms with Crippen molar-refractivity contribution in [2.75, 3.05) is 27.2 Å². The molecule has 0 saturated heterocycles. The van der Waals surface area contributed by atoms with E-state index >= 15 is 0 Å². The molecular formula is C14H18N4O2S. The van der Waals surface area contributed by atoms with Crippen LogP contribution in [0, 0.1) is 0 Å². The van der Waals surface area contributed by atoms with E-state index in [4.69, 9.17) is 0 Å². The number of hydrogen-bond donors (Lipinski definition) is 1. The van der Waals surface area contributed by atoms with Gasteiger partial charge < -0.3 is 4.98 Å². The smallest absolute Gasteiger partial charge is 0.281 e. The molecule has 0 amide bonds. The summed E-state index contributed by atoms with van der Waals surface area (Å²) < 4.78 is 26.9. The third kappa shape index (κ3) is 2.48. The molecule has 2 aromatic rings. The summed E-state index contributed by atoms with van der Waals surface area (Å²) in [6, 6.07) is 3.88. The molecule has 21 heavy (non-hydrogen) atoms. The van der Waals surface area contributed by atoms with Gasteiger partial charge in [-0.15, -0.1) is 0 Å². The highest BCUT2D eigenvalue weighted by Crippen LogP contribution is 2.28. The van der Waals surface area contributed by atoms with Gasteiger partial charge in [0.25, 0.3) is 10.2 Å². The first-order valence-electron chi connectivity index (χ1n) is 6.79. The number of pyridine rings is 1. The van der Waals surface area contributed by atoms with Gasteiger partial charge in [0.15, 0.2) is 0 Å². The number of nitrogens with one attached hydrogen (secondary N) is 1. The van der Waals surface area contributed by atoms with Crippen molar-refractivity contribution >= 4 is 26.8 Å². The van der Waals surface area contributed by atoms with Crippen LogP contribution in [0.1, 0.15) is 12.0 Å². The van der Waals surface area contributed by atoms with E-state index in [9.17, 15) is 8.42 Å². The second-order valence-electron chi connectivity index (χ2n) is 5.23. The van der Waals surface area contributed by atoms with Crippen molar-refractivity contribution in [2.24, 2.45) is 0 Å². The first-order valence-corrected chi connectivity index (χ1v) is 8.19. The van der Waals surface area contributed by atoms with Gasteiger partial charge in [0, 0.05) is 45.1 Å². The average Bonchev–Trinajstić information content (AvgIpc) is 2.91. The van der Waals surface area contributed by atoms with Crippen LogP contribution in [0.5, 0.6) is 0 Å². The Kier molecular flexibility index (Phi) is 3.56. The van der Waals surface area contributed by atoms with Crippen molar-refractivity contribution in [1.82, 2.24) is 18.6 Å². The van der Waals surface area contributed by atoms with Crippen LogP contribution < -0.4 is 0 Å². The highest BCUT2D eigenvalue weighted by molar-refractivity contribution is 7.86. The lowest BCUT2D eigenvalue weighted by Gasteiger charge is -2.28. The van der Waals surface area contributed by atoms with Crippen LogP contribution in [0.15, 0.2) is 30.6 Å². The Bertz CT molecular complexity index is 792. The van der Waals surface area contributed by atoms with Crippen LogP contribution in [0.2, 0.25) is 0 Å². The fraction of sp³-hybridized carbons (Fsp3) is 0.357. The van der Waals surface area contributed by atoms with E-state index in [2.05, 4.69) is 9.97 Å². The number of rotatable bonds is 3.